The van der Waals surface area contributed by atoms with E-state index in [-0.39, 0.29) is 19.4 Å². The van der Waals surface area contributed by atoms with Gasteiger partial charge in [-0.2, -0.15) is 43.9 Å². The van der Waals surface area contributed by atoms with Gasteiger partial charge in [-0.05, 0) is 19.8 Å². The Morgan fingerprint density at radius 1 is 0.714 bits per heavy atom. The number of carbonyl (C=O) groups is 2. The van der Waals surface area contributed by atoms with Gasteiger partial charge in [-0.1, -0.05) is 0 Å². The molecule has 15 heteroatoms. The first kappa shape index (κ1) is 26.2. The fourth-order valence-electron chi connectivity index (χ4n) is 1.31. The fourth-order valence-corrected chi connectivity index (χ4v) is 1.31. The van der Waals surface area contributed by atoms with E-state index in [1.807, 2.05) is 0 Å². The van der Waals surface area contributed by atoms with Crippen LogP contribution in [-0.2, 0) is 23.8 Å². The van der Waals surface area contributed by atoms with E-state index in [1.54, 1.807) is 0 Å². The molecule has 28 heavy (non-hydrogen) atoms. The third-order valence-corrected chi connectivity index (χ3v) is 2.85. The summed E-state index contributed by atoms with van der Waals surface area (Å²) < 4.78 is 134. The van der Waals surface area contributed by atoms with Gasteiger partial charge in [0, 0.05) is 6.61 Å². The number of hydrogen-bond donors (Lipinski definition) is 0. The topological polar surface area (TPSA) is 61.8 Å². The van der Waals surface area contributed by atoms with Crippen LogP contribution in [0.2, 0.25) is 0 Å². The Kier molecular flexibility index (Phi) is 8.99. The van der Waals surface area contributed by atoms with Crippen LogP contribution in [0.25, 0.3) is 0 Å². The lowest BCUT2D eigenvalue weighted by molar-refractivity contribution is -0.281. The molecule has 0 aromatic carbocycles. The molecule has 0 heterocycles. The van der Waals surface area contributed by atoms with Crippen LogP contribution < -0.4 is 0 Å². The molecule has 0 aliphatic carbocycles. The molecule has 0 amide bonds. The van der Waals surface area contributed by atoms with Crippen LogP contribution in [0.5, 0.6) is 0 Å². The maximum Gasteiger partial charge on any atom is 0.465 e. The highest BCUT2D eigenvalue weighted by atomic mass is 19.4. The molecule has 0 aromatic heterocycles. The van der Waals surface area contributed by atoms with Crippen LogP contribution in [0.4, 0.5) is 43.9 Å². The Morgan fingerprint density at radius 2 is 1.11 bits per heavy atom. The molecular formula is C13H14F10O5. The molecule has 0 spiro atoms. The summed E-state index contributed by atoms with van der Waals surface area (Å²) in [6, 6.07) is 0. The van der Waals surface area contributed by atoms with Crippen molar-refractivity contribution in [2.45, 2.75) is 50.1 Å². The van der Waals surface area contributed by atoms with Crippen molar-refractivity contribution in [2.24, 2.45) is 0 Å². The Hall–Kier alpha value is -1.80. The third kappa shape index (κ3) is 7.31. The summed E-state index contributed by atoms with van der Waals surface area (Å²) in [4.78, 5) is 21.3. The van der Waals surface area contributed by atoms with E-state index in [0.717, 1.165) is 6.92 Å². The van der Waals surface area contributed by atoms with Crippen molar-refractivity contribution in [3.8, 4) is 0 Å². The molecule has 166 valence electrons. The van der Waals surface area contributed by atoms with Crippen molar-refractivity contribution >= 4 is 11.9 Å². The highest BCUT2D eigenvalue weighted by molar-refractivity contribution is 5.79. The SMILES string of the molecule is CC(COC(=O)C(F)(F)C(F)(F)F)OCCCCOC(=O)C(F)(F)C(F)(F)F. The Morgan fingerprint density at radius 3 is 1.54 bits per heavy atom. The van der Waals surface area contributed by atoms with E-state index in [9.17, 15) is 53.5 Å². The molecule has 5 nitrogen and oxygen atoms in total. The minimum atomic E-state index is -6.13. The number of halogens is 10. The van der Waals surface area contributed by atoms with E-state index in [0.29, 0.717) is 0 Å². The Balaban J connectivity index is 4.05. The number of rotatable bonds is 10. The molecule has 0 saturated heterocycles. The molecule has 0 aromatic rings. The van der Waals surface area contributed by atoms with E-state index >= 15 is 0 Å². The minimum Gasteiger partial charge on any atom is -0.461 e. The lowest BCUT2D eigenvalue weighted by atomic mass is 10.3. The van der Waals surface area contributed by atoms with E-state index in [2.05, 4.69) is 9.47 Å². The molecule has 0 fully saturated rings. The minimum absolute atomic E-state index is 0.0676. The molecule has 0 aliphatic rings. The zero-order valence-electron chi connectivity index (χ0n) is 13.9. The normalized spacial score (nSPS) is 14.5. The average molecular weight is 440 g/mol. The van der Waals surface area contributed by atoms with Crippen molar-refractivity contribution in [3.63, 3.8) is 0 Å². The van der Waals surface area contributed by atoms with Gasteiger partial charge in [0.15, 0.2) is 0 Å². The molecule has 0 rings (SSSR count). The summed E-state index contributed by atoms with van der Waals surface area (Å²) in [5.41, 5.74) is 0. The van der Waals surface area contributed by atoms with Crippen LogP contribution >= 0.6 is 0 Å². The summed E-state index contributed by atoms with van der Waals surface area (Å²) in [6.45, 7) is -0.906. The average Bonchev–Trinajstić information content (AvgIpc) is 2.53. The molecule has 0 radical (unpaired) electrons. The first-order valence-corrected chi connectivity index (χ1v) is 7.29. The van der Waals surface area contributed by atoms with Crippen LogP contribution in [0.15, 0.2) is 0 Å². The molecule has 1 unspecified atom stereocenters. The first-order chi connectivity index (χ1) is 12.4. The number of carbonyl (C=O) groups excluding carboxylic acids is 2. The molecule has 0 aliphatic heterocycles. The van der Waals surface area contributed by atoms with Gasteiger partial charge in [-0.25, -0.2) is 9.59 Å². The standard InChI is InChI=1S/C13H14F10O5/c1-7(6-28-9(25)11(16,17)13(21,22)23)26-4-2-3-5-27-8(24)10(14,15)12(18,19)20/h7H,2-6H2,1H3. The second kappa shape index (κ2) is 9.60. The second-order valence-electron chi connectivity index (χ2n) is 5.27. The fraction of sp³-hybridized carbons (Fsp3) is 0.846. The van der Waals surface area contributed by atoms with Crippen molar-refractivity contribution in [1.82, 2.24) is 0 Å². The number of unbranched alkanes of at least 4 members (excludes halogenated alkanes) is 1. The van der Waals surface area contributed by atoms with Crippen LogP contribution in [0.3, 0.4) is 0 Å². The summed E-state index contributed by atoms with van der Waals surface area (Å²) in [6.07, 6.45) is -13.7. The van der Waals surface area contributed by atoms with Gasteiger partial charge in [0.1, 0.15) is 6.61 Å². The number of alkyl halides is 10. The lowest BCUT2D eigenvalue weighted by Crippen LogP contribution is -2.45. The zero-order valence-corrected chi connectivity index (χ0v) is 13.9. The Labute approximate surface area is 150 Å². The van der Waals surface area contributed by atoms with Crippen LogP contribution in [0.1, 0.15) is 19.8 Å². The maximum absolute atomic E-state index is 12.6. The number of esters is 2. The Bertz CT molecular complexity index is 529. The number of hydrogen-bond acceptors (Lipinski definition) is 5. The van der Waals surface area contributed by atoms with Crippen molar-refractivity contribution in [1.29, 1.82) is 0 Å². The quantitative estimate of drug-likeness (QED) is 0.295. The summed E-state index contributed by atoms with van der Waals surface area (Å²) in [7, 11) is 0. The molecule has 0 saturated carbocycles. The summed E-state index contributed by atoms with van der Waals surface area (Å²) >= 11 is 0. The van der Waals surface area contributed by atoms with Gasteiger partial charge in [-0.15, -0.1) is 0 Å². The van der Waals surface area contributed by atoms with E-state index in [4.69, 9.17) is 4.74 Å². The van der Waals surface area contributed by atoms with E-state index in [1.165, 1.54) is 0 Å². The first-order valence-electron chi connectivity index (χ1n) is 7.29. The van der Waals surface area contributed by atoms with Gasteiger partial charge in [0.05, 0.1) is 12.7 Å². The van der Waals surface area contributed by atoms with Gasteiger partial charge in [0.2, 0.25) is 0 Å². The number of ether oxygens (including phenoxy) is 3. The van der Waals surface area contributed by atoms with Gasteiger partial charge in [0.25, 0.3) is 0 Å². The lowest BCUT2D eigenvalue weighted by Gasteiger charge is -2.19. The predicted octanol–water partition coefficient (Wildman–Crippen LogP) is 3.65. The highest BCUT2D eigenvalue weighted by Gasteiger charge is 2.65. The monoisotopic (exact) mass is 440 g/mol. The largest absolute Gasteiger partial charge is 0.465 e. The highest BCUT2D eigenvalue weighted by Crippen LogP contribution is 2.37. The van der Waals surface area contributed by atoms with Crippen molar-refractivity contribution in [3.05, 3.63) is 0 Å². The van der Waals surface area contributed by atoms with Gasteiger partial charge < -0.3 is 14.2 Å². The third-order valence-electron chi connectivity index (χ3n) is 2.85. The van der Waals surface area contributed by atoms with Crippen molar-refractivity contribution in [2.75, 3.05) is 19.8 Å². The second-order valence-corrected chi connectivity index (χ2v) is 5.27. The summed E-state index contributed by atoms with van der Waals surface area (Å²) in [5.74, 6) is -17.0. The van der Waals surface area contributed by atoms with Gasteiger partial charge >= 0.3 is 36.1 Å². The summed E-state index contributed by atoms with van der Waals surface area (Å²) in [5, 5.41) is 0. The van der Waals surface area contributed by atoms with Crippen LogP contribution in [0, 0.1) is 0 Å². The van der Waals surface area contributed by atoms with Crippen LogP contribution in [-0.4, -0.2) is 62.1 Å². The molecule has 1 atom stereocenters. The van der Waals surface area contributed by atoms with Gasteiger partial charge in [-0.3, -0.25) is 0 Å². The zero-order chi connectivity index (χ0) is 22.4. The maximum atomic E-state index is 12.6. The molecule has 0 N–H and O–H groups in total. The smallest absolute Gasteiger partial charge is 0.461 e. The predicted molar refractivity (Wildman–Crippen MR) is 68.6 cm³/mol. The molecule has 0 bridgehead atoms. The van der Waals surface area contributed by atoms with E-state index < -0.39 is 55.5 Å². The van der Waals surface area contributed by atoms with Crippen molar-refractivity contribution < 1.29 is 67.7 Å². The molecular weight excluding hydrogens is 426 g/mol.